The number of para-hydroxylation sites is 1. The lowest BCUT2D eigenvalue weighted by molar-refractivity contribution is 0.112. The summed E-state index contributed by atoms with van der Waals surface area (Å²) in [7, 11) is 0. The van der Waals surface area contributed by atoms with Crippen molar-refractivity contribution in [1.82, 2.24) is 4.98 Å². The fourth-order valence-electron chi connectivity index (χ4n) is 1.83. The third kappa shape index (κ3) is 1.68. The number of benzene rings is 1. The van der Waals surface area contributed by atoms with Gasteiger partial charge in [-0.25, -0.2) is 4.39 Å². The maximum atomic E-state index is 13.5. The average molecular weight is 241 g/mol. The highest BCUT2D eigenvalue weighted by molar-refractivity contribution is 5.84. The zero-order valence-electron chi connectivity index (χ0n) is 9.26. The molecule has 2 aromatic heterocycles. The molecule has 0 aliphatic heterocycles. The van der Waals surface area contributed by atoms with Crippen LogP contribution in [0.4, 0.5) is 4.39 Å². The Bertz CT molecular complexity index is 733. The SMILES string of the molecule is O=Cc1cncc(-c2cc3cccc(F)c3o2)c1. The van der Waals surface area contributed by atoms with Crippen LogP contribution in [0.25, 0.3) is 22.3 Å². The number of carbonyl (C=O) groups excluding carboxylic acids is 1. The van der Waals surface area contributed by atoms with E-state index in [-0.39, 0.29) is 5.58 Å². The van der Waals surface area contributed by atoms with Crippen LogP contribution in [-0.4, -0.2) is 11.3 Å². The van der Waals surface area contributed by atoms with Gasteiger partial charge in [0.2, 0.25) is 0 Å². The van der Waals surface area contributed by atoms with E-state index in [1.54, 1.807) is 30.5 Å². The second-order valence-corrected chi connectivity index (χ2v) is 3.89. The third-order valence-electron chi connectivity index (χ3n) is 2.68. The number of nitrogens with zero attached hydrogens (tertiary/aromatic N) is 1. The van der Waals surface area contributed by atoms with Crippen molar-refractivity contribution in [3.8, 4) is 11.3 Å². The summed E-state index contributed by atoms with van der Waals surface area (Å²) in [6.45, 7) is 0. The van der Waals surface area contributed by atoms with Crippen molar-refractivity contribution in [2.24, 2.45) is 0 Å². The van der Waals surface area contributed by atoms with Gasteiger partial charge in [0.05, 0.1) is 0 Å². The molecule has 0 amide bonds. The molecule has 3 rings (SSSR count). The smallest absolute Gasteiger partial charge is 0.170 e. The van der Waals surface area contributed by atoms with Crippen LogP contribution in [0.2, 0.25) is 0 Å². The van der Waals surface area contributed by atoms with Gasteiger partial charge in [0.1, 0.15) is 5.76 Å². The summed E-state index contributed by atoms with van der Waals surface area (Å²) in [5.41, 5.74) is 1.31. The van der Waals surface area contributed by atoms with Crippen LogP contribution in [0.1, 0.15) is 10.4 Å². The van der Waals surface area contributed by atoms with E-state index in [1.165, 1.54) is 12.3 Å². The van der Waals surface area contributed by atoms with Crippen molar-refractivity contribution in [3.05, 3.63) is 54.1 Å². The maximum absolute atomic E-state index is 13.5. The lowest BCUT2D eigenvalue weighted by Crippen LogP contribution is -1.83. The average Bonchev–Trinajstić information content (AvgIpc) is 2.84. The molecule has 3 aromatic rings. The van der Waals surface area contributed by atoms with E-state index in [0.29, 0.717) is 28.6 Å². The summed E-state index contributed by atoms with van der Waals surface area (Å²) in [5.74, 6) is 0.0875. The molecule has 0 saturated carbocycles. The molecule has 2 heterocycles. The summed E-state index contributed by atoms with van der Waals surface area (Å²) >= 11 is 0. The minimum atomic E-state index is -0.404. The van der Waals surface area contributed by atoms with Crippen molar-refractivity contribution >= 4 is 17.3 Å². The topological polar surface area (TPSA) is 43.1 Å². The minimum Gasteiger partial charge on any atom is -0.453 e. The highest BCUT2D eigenvalue weighted by Gasteiger charge is 2.10. The molecular formula is C14H8FNO2. The largest absolute Gasteiger partial charge is 0.453 e. The Kier molecular flexibility index (Phi) is 2.41. The van der Waals surface area contributed by atoms with Crippen LogP contribution in [0.3, 0.4) is 0 Å². The van der Waals surface area contributed by atoms with Crippen LogP contribution in [0.5, 0.6) is 0 Å². The molecule has 3 nitrogen and oxygen atoms in total. The number of rotatable bonds is 2. The number of hydrogen-bond acceptors (Lipinski definition) is 3. The normalized spacial score (nSPS) is 10.7. The first-order chi connectivity index (χ1) is 8.78. The molecule has 88 valence electrons. The molecular weight excluding hydrogens is 233 g/mol. The third-order valence-corrected chi connectivity index (χ3v) is 2.68. The molecule has 0 aliphatic carbocycles. The molecule has 1 aromatic carbocycles. The van der Waals surface area contributed by atoms with E-state index in [0.717, 1.165) is 0 Å². The van der Waals surface area contributed by atoms with Crippen molar-refractivity contribution in [3.63, 3.8) is 0 Å². The highest BCUT2D eigenvalue weighted by Crippen LogP contribution is 2.29. The fraction of sp³-hybridized carbons (Fsp3) is 0. The molecule has 0 saturated heterocycles. The summed E-state index contributed by atoms with van der Waals surface area (Å²) in [4.78, 5) is 14.6. The number of carbonyl (C=O) groups is 1. The predicted octanol–water partition coefficient (Wildman–Crippen LogP) is 3.45. The first-order valence-electron chi connectivity index (χ1n) is 5.36. The second-order valence-electron chi connectivity index (χ2n) is 3.89. The van der Waals surface area contributed by atoms with Crippen LogP contribution >= 0.6 is 0 Å². The molecule has 4 heteroatoms. The molecule has 0 fully saturated rings. The Morgan fingerprint density at radius 1 is 1.22 bits per heavy atom. The van der Waals surface area contributed by atoms with E-state index in [9.17, 15) is 9.18 Å². The van der Waals surface area contributed by atoms with Gasteiger partial charge >= 0.3 is 0 Å². The molecule has 0 radical (unpaired) electrons. The van der Waals surface area contributed by atoms with Gasteiger partial charge < -0.3 is 4.42 Å². The van der Waals surface area contributed by atoms with Crippen LogP contribution in [-0.2, 0) is 0 Å². The molecule has 18 heavy (non-hydrogen) atoms. The Labute approximate surface area is 102 Å². The van der Waals surface area contributed by atoms with Crippen LogP contribution in [0, 0.1) is 5.82 Å². The maximum Gasteiger partial charge on any atom is 0.170 e. The lowest BCUT2D eigenvalue weighted by atomic mass is 10.1. The molecule has 0 atom stereocenters. The zero-order valence-corrected chi connectivity index (χ0v) is 9.26. The fourth-order valence-corrected chi connectivity index (χ4v) is 1.83. The molecule has 0 aliphatic rings. The Hall–Kier alpha value is -2.49. The quantitative estimate of drug-likeness (QED) is 0.645. The monoisotopic (exact) mass is 241 g/mol. The summed E-state index contributed by atoms with van der Waals surface area (Å²) < 4.78 is 18.9. The van der Waals surface area contributed by atoms with E-state index in [4.69, 9.17) is 4.42 Å². The standard InChI is InChI=1S/C14H8FNO2/c15-12-3-1-2-10-5-13(18-14(10)12)11-4-9(8-17)6-16-7-11/h1-8H. The van der Waals surface area contributed by atoms with Crippen molar-refractivity contribution in [1.29, 1.82) is 0 Å². The first kappa shape index (κ1) is 10.7. The van der Waals surface area contributed by atoms with Gasteiger partial charge in [-0.2, -0.15) is 0 Å². The van der Waals surface area contributed by atoms with Crippen molar-refractivity contribution in [2.45, 2.75) is 0 Å². The number of aromatic nitrogens is 1. The molecule has 0 unspecified atom stereocenters. The van der Waals surface area contributed by atoms with Gasteiger partial charge in [-0.1, -0.05) is 12.1 Å². The van der Waals surface area contributed by atoms with E-state index >= 15 is 0 Å². The van der Waals surface area contributed by atoms with Crippen molar-refractivity contribution in [2.75, 3.05) is 0 Å². The molecule has 0 N–H and O–H groups in total. The Morgan fingerprint density at radius 3 is 2.89 bits per heavy atom. The molecule has 0 bridgehead atoms. The number of aldehydes is 1. The van der Waals surface area contributed by atoms with Crippen LogP contribution < -0.4 is 0 Å². The molecule has 0 spiro atoms. The number of halogens is 1. The van der Waals surface area contributed by atoms with E-state index in [1.807, 2.05) is 0 Å². The predicted molar refractivity (Wildman–Crippen MR) is 64.8 cm³/mol. The van der Waals surface area contributed by atoms with Crippen molar-refractivity contribution < 1.29 is 13.6 Å². The van der Waals surface area contributed by atoms with Gasteiger partial charge in [-0.05, 0) is 18.2 Å². The lowest BCUT2D eigenvalue weighted by Gasteiger charge is -1.96. The van der Waals surface area contributed by atoms with Gasteiger partial charge in [0.15, 0.2) is 17.7 Å². The van der Waals surface area contributed by atoms with Gasteiger partial charge in [0.25, 0.3) is 0 Å². The summed E-state index contributed by atoms with van der Waals surface area (Å²) in [6, 6.07) is 8.11. The number of furan rings is 1. The second kappa shape index (κ2) is 4.07. The number of hydrogen-bond donors (Lipinski definition) is 0. The minimum absolute atomic E-state index is 0.212. The van der Waals surface area contributed by atoms with Gasteiger partial charge in [0, 0.05) is 28.9 Å². The number of fused-ring (bicyclic) bond motifs is 1. The first-order valence-corrected chi connectivity index (χ1v) is 5.36. The number of pyridine rings is 1. The summed E-state index contributed by atoms with van der Waals surface area (Å²) in [6.07, 6.45) is 3.74. The van der Waals surface area contributed by atoms with E-state index in [2.05, 4.69) is 4.98 Å². The van der Waals surface area contributed by atoms with Gasteiger partial charge in [-0.15, -0.1) is 0 Å². The highest BCUT2D eigenvalue weighted by atomic mass is 19.1. The zero-order chi connectivity index (χ0) is 12.5. The Balaban J connectivity index is 2.19. The summed E-state index contributed by atoms with van der Waals surface area (Å²) in [5, 5.41) is 0.682. The van der Waals surface area contributed by atoms with Crippen LogP contribution in [0.15, 0.2) is 47.1 Å². The Morgan fingerprint density at radius 2 is 2.11 bits per heavy atom. The van der Waals surface area contributed by atoms with E-state index < -0.39 is 5.82 Å². The van der Waals surface area contributed by atoms with Gasteiger partial charge in [-0.3, -0.25) is 9.78 Å².